The first-order valence-corrected chi connectivity index (χ1v) is 7.49. The second-order valence-electron chi connectivity index (χ2n) is 6.40. The number of amides is 2. The molecule has 0 aliphatic carbocycles. The van der Waals surface area contributed by atoms with Gasteiger partial charge in [-0.2, -0.15) is 0 Å². The van der Waals surface area contributed by atoms with Crippen LogP contribution >= 0.6 is 0 Å². The highest BCUT2D eigenvalue weighted by Crippen LogP contribution is 2.57. The van der Waals surface area contributed by atoms with E-state index in [4.69, 9.17) is 9.47 Å². The molecule has 6 heteroatoms. The molecule has 6 nitrogen and oxygen atoms in total. The predicted octanol–water partition coefficient (Wildman–Crippen LogP) is 0.891. The highest BCUT2D eigenvalue weighted by atomic mass is 16.5. The van der Waals surface area contributed by atoms with Gasteiger partial charge in [0.05, 0.1) is 36.8 Å². The number of ether oxygens (including phenoxy) is 2. The maximum Gasteiger partial charge on any atom is 0.241 e. The molecule has 2 fully saturated rings. The molecule has 120 valence electrons. The summed E-state index contributed by atoms with van der Waals surface area (Å²) in [6, 6.07) is 6.77. The lowest BCUT2D eigenvalue weighted by molar-refractivity contribution is -0.131. The van der Waals surface area contributed by atoms with E-state index in [1.807, 2.05) is 0 Å². The molecular weight excluding hydrogens is 298 g/mol. The summed E-state index contributed by atoms with van der Waals surface area (Å²) in [4.78, 5) is 27.0. The van der Waals surface area contributed by atoms with Crippen LogP contribution in [0.3, 0.4) is 0 Å². The van der Waals surface area contributed by atoms with Gasteiger partial charge in [-0.25, -0.2) is 4.90 Å². The summed E-state index contributed by atoms with van der Waals surface area (Å²) < 4.78 is 11.0. The maximum absolute atomic E-state index is 12.9. The fraction of sp³-hybridized carbons (Fsp3) is 0.412. The van der Waals surface area contributed by atoms with E-state index >= 15 is 0 Å². The summed E-state index contributed by atoms with van der Waals surface area (Å²) in [5.41, 5.74) is -1.43. The molecule has 0 aromatic heterocycles. The number of benzene rings is 1. The van der Waals surface area contributed by atoms with E-state index in [0.717, 1.165) is 0 Å². The van der Waals surface area contributed by atoms with Crippen molar-refractivity contribution >= 4 is 17.5 Å². The van der Waals surface area contributed by atoms with Crippen molar-refractivity contribution in [2.45, 2.75) is 18.1 Å². The first kappa shape index (κ1) is 14.4. The van der Waals surface area contributed by atoms with Crippen LogP contribution < -0.4 is 9.64 Å². The first-order valence-electron chi connectivity index (χ1n) is 7.49. The van der Waals surface area contributed by atoms with Gasteiger partial charge in [-0.15, -0.1) is 0 Å². The maximum atomic E-state index is 12.9. The average Bonchev–Trinajstić information content (AvgIpc) is 3.14. The molecule has 2 saturated heterocycles. The van der Waals surface area contributed by atoms with Crippen molar-refractivity contribution in [3.05, 3.63) is 36.4 Å². The van der Waals surface area contributed by atoms with Gasteiger partial charge in [-0.05, 0) is 31.2 Å². The number of hydrogen-bond acceptors (Lipinski definition) is 5. The molecule has 4 unspecified atom stereocenters. The zero-order valence-electron chi connectivity index (χ0n) is 12.9. The fourth-order valence-electron chi connectivity index (χ4n) is 4.03. The molecule has 1 aromatic carbocycles. The molecule has 23 heavy (non-hydrogen) atoms. The molecule has 3 heterocycles. The Balaban J connectivity index is 1.76. The van der Waals surface area contributed by atoms with Gasteiger partial charge in [0.1, 0.15) is 11.4 Å². The zero-order chi connectivity index (χ0) is 16.4. The molecule has 4 rings (SSSR count). The molecule has 3 aliphatic rings. The van der Waals surface area contributed by atoms with Gasteiger partial charge in [-0.1, -0.05) is 12.2 Å². The molecule has 4 atom stereocenters. The minimum atomic E-state index is -1.09. The average molecular weight is 315 g/mol. The Bertz CT molecular complexity index is 727. The minimum Gasteiger partial charge on any atom is -0.497 e. The Morgan fingerprint density at radius 3 is 2.43 bits per heavy atom. The van der Waals surface area contributed by atoms with E-state index in [-0.39, 0.29) is 18.4 Å². The van der Waals surface area contributed by atoms with E-state index in [2.05, 4.69) is 0 Å². The summed E-state index contributed by atoms with van der Waals surface area (Å²) in [7, 11) is 1.55. The number of aliphatic hydroxyl groups is 1. The van der Waals surface area contributed by atoms with Crippen LogP contribution in [-0.4, -0.2) is 41.8 Å². The number of rotatable bonds is 3. The molecule has 2 amide bonds. The van der Waals surface area contributed by atoms with Crippen molar-refractivity contribution in [3.63, 3.8) is 0 Å². The number of carbonyl (C=O) groups excluding carboxylic acids is 2. The first-order chi connectivity index (χ1) is 11.0. The van der Waals surface area contributed by atoms with Crippen LogP contribution in [0.15, 0.2) is 36.4 Å². The largest absolute Gasteiger partial charge is 0.497 e. The predicted molar refractivity (Wildman–Crippen MR) is 80.9 cm³/mol. The SMILES string of the molecule is COc1ccc(N2C(=O)C3C(C2=O)C2(CO)C=CC3(C)O2)cc1. The zero-order valence-corrected chi connectivity index (χ0v) is 12.9. The van der Waals surface area contributed by atoms with E-state index in [9.17, 15) is 14.7 Å². The molecule has 1 N–H and O–H groups in total. The van der Waals surface area contributed by atoms with E-state index in [1.54, 1.807) is 50.5 Å². The lowest BCUT2D eigenvalue weighted by atomic mass is 9.73. The van der Waals surface area contributed by atoms with Crippen LogP contribution in [0.2, 0.25) is 0 Å². The van der Waals surface area contributed by atoms with Crippen molar-refractivity contribution in [1.29, 1.82) is 0 Å². The summed E-state index contributed by atoms with van der Waals surface area (Å²) in [6.07, 6.45) is 3.50. The molecule has 0 spiro atoms. The van der Waals surface area contributed by atoms with Gasteiger partial charge in [0, 0.05) is 0 Å². The van der Waals surface area contributed by atoms with Crippen LogP contribution in [0.1, 0.15) is 6.92 Å². The third-order valence-electron chi connectivity index (χ3n) is 5.13. The monoisotopic (exact) mass is 315 g/mol. The second kappa shape index (κ2) is 4.43. The summed E-state index contributed by atoms with van der Waals surface area (Å²) in [5, 5.41) is 9.76. The summed E-state index contributed by atoms with van der Waals surface area (Å²) in [6.45, 7) is 1.46. The Kier molecular flexibility index (Phi) is 2.77. The van der Waals surface area contributed by atoms with Crippen molar-refractivity contribution < 1.29 is 24.2 Å². The van der Waals surface area contributed by atoms with Gasteiger partial charge in [0.2, 0.25) is 11.8 Å². The number of carbonyl (C=O) groups is 2. The van der Waals surface area contributed by atoms with Crippen LogP contribution in [0.5, 0.6) is 5.75 Å². The van der Waals surface area contributed by atoms with Crippen LogP contribution in [0, 0.1) is 11.8 Å². The number of fused-ring (bicyclic) bond motifs is 5. The van der Waals surface area contributed by atoms with Crippen molar-refractivity contribution in [2.75, 3.05) is 18.6 Å². The van der Waals surface area contributed by atoms with Gasteiger partial charge < -0.3 is 14.6 Å². The Labute approximate surface area is 133 Å². The molecular formula is C17H17NO5. The molecule has 3 aliphatic heterocycles. The van der Waals surface area contributed by atoms with Crippen molar-refractivity contribution in [3.8, 4) is 5.75 Å². The number of imide groups is 1. The normalized spacial score (nSPS) is 37.6. The fourth-order valence-corrected chi connectivity index (χ4v) is 4.03. The molecule has 1 aromatic rings. The van der Waals surface area contributed by atoms with Gasteiger partial charge in [0.15, 0.2) is 0 Å². The number of aliphatic hydroxyl groups excluding tert-OH is 1. The quantitative estimate of drug-likeness (QED) is 0.662. The van der Waals surface area contributed by atoms with Crippen LogP contribution in [0.4, 0.5) is 5.69 Å². The Hall–Kier alpha value is -2.18. The lowest BCUT2D eigenvalue weighted by Crippen LogP contribution is -2.43. The second-order valence-corrected chi connectivity index (χ2v) is 6.40. The lowest BCUT2D eigenvalue weighted by Gasteiger charge is -2.26. The number of anilines is 1. The third kappa shape index (κ3) is 1.65. The van der Waals surface area contributed by atoms with Crippen molar-refractivity contribution in [1.82, 2.24) is 0 Å². The third-order valence-corrected chi connectivity index (χ3v) is 5.13. The van der Waals surface area contributed by atoms with E-state index < -0.39 is 23.0 Å². The number of nitrogens with zero attached hydrogens (tertiary/aromatic N) is 1. The Morgan fingerprint density at radius 1 is 1.17 bits per heavy atom. The number of hydrogen-bond donors (Lipinski definition) is 1. The summed E-state index contributed by atoms with van der Waals surface area (Å²) in [5.74, 6) is -1.25. The highest BCUT2D eigenvalue weighted by molar-refractivity contribution is 6.23. The Morgan fingerprint density at radius 2 is 1.83 bits per heavy atom. The molecule has 0 radical (unpaired) electrons. The van der Waals surface area contributed by atoms with E-state index in [0.29, 0.717) is 11.4 Å². The standard InChI is InChI=1S/C17H17NO5/c1-16-7-8-17(9-19,23-16)13-12(16)14(20)18(15(13)21)10-3-5-11(22-2)6-4-10/h3-8,12-13,19H,9H2,1-2H3. The van der Waals surface area contributed by atoms with Gasteiger partial charge in [0.25, 0.3) is 0 Å². The molecule has 2 bridgehead atoms. The highest BCUT2D eigenvalue weighted by Gasteiger charge is 2.72. The van der Waals surface area contributed by atoms with Crippen molar-refractivity contribution in [2.24, 2.45) is 11.8 Å². The summed E-state index contributed by atoms with van der Waals surface area (Å²) >= 11 is 0. The number of methoxy groups -OCH3 is 1. The van der Waals surface area contributed by atoms with Crippen LogP contribution in [0.25, 0.3) is 0 Å². The van der Waals surface area contributed by atoms with Gasteiger partial charge >= 0.3 is 0 Å². The smallest absolute Gasteiger partial charge is 0.241 e. The minimum absolute atomic E-state index is 0.285. The van der Waals surface area contributed by atoms with Crippen LogP contribution in [-0.2, 0) is 14.3 Å². The molecule has 0 saturated carbocycles. The van der Waals surface area contributed by atoms with E-state index in [1.165, 1.54) is 4.90 Å². The topological polar surface area (TPSA) is 76.1 Å². The van der Waals surface area contributed by atoms with Gasteiger partial charge in [-0.3, -0.25) is 9.59 Å².